The highest BCUT2D eigenvalue weighted by molar-refractivity contribution is 5.30. The fourth-order valence-electron chi connectivity index (χ4n) is 3.69. The van der Waals surface area contributed by atoms with Crippen LogP contribution < -0.4 is 5.32 Å². The Morgan fingerprint density at radius 3 is 2.80 bits per heavy atom. The second-order valence-corrected chi connectivity index (χ2v) is 6.72. The van der Waals surface area contributed by atoms with E-state index < -0.39 is 0 Å². The lowest BCUT2D eigenvalue weighted by Crippen LogP contribution is -2.49. The van der Waals surface area contributed by atoms with Crippen LogP contribution in [0.2, 0.25) is 0 Å². The van der Waals surface area contributed by atoms with E-state index in [0.717, 1.165) is 25.9 Å². The molecule has 1 aromatic carbocycles. The van der Waals surface area contributed by atoms with E-state index in [1.54, 1.807) is 11.1 Å². The standard InChI is InChI=1S/C18H27NO/c1-3-18(2)13-17(10-11-20-18)19-16-9-8-14-6-4-5-7-15(14)12-16/h4-7,16-17,19H,3,8-13H2,1-2H3. The van der Waals surface area contributed by atoms with E-state index in [-0.39, 0.29) is 5.60 Å². The normalized spacial score (nSPS) is 33.7. The van der Waals surface area contributed by atoms with E-state index in [4.69, 9.17) is 4.74 Å². The monoisotopic (exact) mass is 273 g/mol. The van der Waals surface area contributed by atoms with Gasteiger partial charge in [0.25, 0.3) is 0 Å². The highest BCUT2D eigenvalue weighted by Crippen LogP contribution is 2.29. The van der Waals surface area contributed by atoms with E-state index in [1.165, 1.54) is 19.3 Å². The number of nitrogens with one attached hydrogen (secondary N) is 1. The molecule has 0 radical (unpaired) electrons. The highest BCUT2D eigenvalue weighted by Gasteiger charge is 2.32. The van der Waals surface area contributed by atoms with Gasteiger partial charge in [0, 0.05) is 18.7 Å². The van der Waals surface area contributed by atoms with Crippen LogP contribution in [0, 0.1) is 0 Å². The second-order valence-electron chi connectivity index (χ2n) is 6.72. The van der Waals surface area contributed by atoms with Gasteiger partial charge in [0.05, 0.1) is 5.60 Å². The molecule has 2 aliphatic rings. The number of hydrogen-bond donors (Lipinski definition) is 1. The van der Waals surface area contributed by atoms with Gasteiger partial charge < -0.3 is 10.1 Å². The van der Waals surface area contributed by atoms with Gasteiger partial charge in [0.1, 0.15) is 0 Å². The van der Waals surface area contributed by atoms with Crippen molar-refractivity contribution in [3.05, 3.63) is 35.4 Å². The molecule has 0 amide bonds. The molecule has 3 rings (SSSR count). The van der Waals surface area contributed by atoms with Crippen LogP contribution >= 0.6 is 0 Å². The van der Waals surface area contributed by atoms with Crippen LogP contribution in [0.25, 0.3) is 0 Å². The van der Waals surface area contributed by atoms with Crippen LogP contribution in [-0.2, 0) is 17.6 Å². The molecule has 0 bridgehead atoms. The summed E-state index contributed by atoms with van der Waals surface area (Å²) in [6.45, 7) is 5.40. The molecule has 110 valence electrons. The van der Waals surface area contributed by atoms with Crippen LogP contribution in [-0.4, -0.2) is 24.3 Å². The second kappa shape index (κ2) is 5.87. The molecular formula is C18H27NO. The number of aryl methyl sites for hydroxylation is 1. The number of benzene rings is 1. The minimum absolute atomic E-state index is 0.0858. The number of rotatable bonds is 3. The smallest absolute Gasteiger partial charge is 0.0666 e. The molecule has 2 nitrogen and oxygen atoms in total. The lowest BCUT2D eigenvalue weighted by molar-refractivity contribution is -0.0792. The Bertz CT molecular complexity index is 458. The molecule has 3 unspecified atom stereocenters. The van der Waals surface area contributed by atoms with Crippen LogP contribution in [0.5, 0.6) is 0 Å². The maximum absolute atomic E-state index is 5.95. The molecular weight excluding hydrogens is 246 g/mol. The molecule has 1 aromatic rings. The van der Waals surface area contributed by atoms with Crippen molar-refractivity contribution in [1.29, 1.82) is 0 Å². The first-order valence-corrected chi connectivity index (χ1v) is 8.15. The quantitative estimate of drug-likeness (QED) is 0.910. The van der Waals surface area contributed by atoms with E-state index in [9.17, 15) is 0 Å². The molecule has 0 aromatic heterocycles. The van der Waals surface area contributed by atoms with Gasteiger partial charge in [-0.05, 0) is 56.6 Å². The van der Waals surface area contributed by atoms with Crippen molar-refractivity contribution in [2.45, 2.75) is 70.1 Å². The number of fused-ring (bicyclic) bond motifs is 1. The Labute approximate surface area is 122 Å². The van der Waals surface area contributed by atoms with Gasteiger partial charge in [-0.3, -0.25) is 0 Å². The van der Waals surface area contributed by atoms with Gasteiger partial charge >= 0.3 is 0 Å². The zero-order valence-electron chi connectivity index (χ0n) is 12.8. The predicted octanol–water partition coefficient (Wildman–Crippen LogP) is 3.48. The van der Waals surface area contributed by atoms with Crippen LogP contribution in [0.3, 0.4) is 0 Å². The first-order chi connectivity index (χ1) is 9.68. The molecule has 0 saturated carbocycles. The molecule has 1 aliphatic heterocycles. The van der Waals surface area contributed by atoms with Gasteiger partial charge in [0.2, 0.25) is 0 Å². The fourth-order valence-corrected chi connectivity index (χ4v) is 3.69. The molecule has 20 heavy (non-hydrogen) atoms. The van der Waals surface area contributed by atoms with Crippen molar-refractivity contribution in [2.75, 3.05) is 6.61 Å². The third kappa shape index (κ3) is 3.07. The zero-order valence-corrected chi connectivity index (χ0v) is 12.8. The molecule has 1 fully saturated rings. The Balaban J connectivity index is 1.59. The third-order valence-electron chi connectivity index (χ3n) is 5.16. The van der Waals surface area contributed by atoms with Crippen LogP contribution in [0.1, 0.15) is 50.7 Å². The Kier molecular flexibility index (Phi) is 4.13. The summed E-state index contributed by atoms with van der Waals surface area (Å²) in [5, 5.41) is 3.91. The largest absolute Gasteiger partial charge is 0.375 e. The van der Waals surface area contributed by atoms with Crippen LogP contribution in [0.15, 0.2) is 24.3 Å². The Morgan fingerprint density at radius 1 is 1.20 bits per heavy atom. The van der Waals surface area contributed by atoms with Crippen molar-refractivity contribution in [3.63, 3.8) is 0 Å². The minimum atomic E-state index is 0.0858. The summed E-state index contributed by atoms with van der Waals surface area (Å²) in [7, 11) is 0. The van der Waals surface area contributed by atoms with Gasteiger partial charge in [0.15, 0.2) is 0 Å². The van der Waals surface area contributed by atoms with Crippen molar-refractivity contribution in [3.8, 4) is 0 Å². The fraction of sp³-hybridized carbons (Fsp3) is 0.667. The maximum Gasteiger partial charge on any atom is 0.0666 e. The van der Waals surface area contributed by atoms with Gasteiger partial charge in [-0.25, -0.2) is 0 Å². The zero-order chi connectivity index (χ0) is 14.0. The molecule has 1 aliphatic carbocycles. The highest BCUT2D eigenvalue weighted by atomic mass is 16.5. The molecule has 1 N–H and O–H groups in total. The molecule has 2 heteroatoms. The molecule has 1 heterocycles. The lowest BCUT2D eigenvalue weighted by Gasteiger charge is -2.40. The van der Waals surface area contributed by atoms with Gasteiger partial charge in [-0.2, -0.15) is 0 Å². The van der Waals surface area contributed by atoms with E-state index in [2.05, 4.69) is 43.4 Å². The molecule has 1 saturated heterocycles. The summed E-state index contributed by atoms with van der Waals surface area (Å²) < 4.78 is 5.95. The Hall–Kier alpha value is -0.860. The van der Waals surface area contributed by atoms with Crippen molar-refractivity contribution < 1.29 is 4.74 Å². The summed E-state index contributed by atoms with van der Waals surface area (Å²) in [6, 6.07) is 10.2. The van der Waals surface area contributed by atoms with Crippen molar-refractivity contribution >= 4 is 0 Å². The van der Waals surface area contributed by atoms with Crippen molar-refractivity contribution in [2.24, 2.45) is 0 Å². The molecule has 0 spiro atoms. The summed E-state index contributed by atoms with van der Waals surface area (Å²) in [6.07, 6.45) is 7.11. The van der Waals surface area contributed by atoms with Gasteiger partial charge in [-0.15, -0.1) is 0 Å². The van der Waals surface area contributed by atoms with E-state index in [1.807, 2.05) is 0 Å². The Morgan fingerprint density at radius 2 is 2.00 bits per heavy atom. The molecule has 3 atom stereocenters. The average molecular weight is 273 g/mol. The number of ether oxygens (including phenoxy) is 1. The first-order valence-electron chi connectivity index (χ1n) is 8.15. The SMILES string of the molecule is CCC1(C)CC(NC2CCc3ccccc3C2)CCO1. The number of hydrogen-bond acceptors (Lipinski definition) is 2. The van der Waals surface area contributed by atoms with E-state index >= 15 is 0 Å². The van der Waals surface area contributed by atoms with Gasteiger partial charge in [-0.1, -0.05) is 31.2 Å². The average Bonchev–Trinajstić information content (AvgIpc) is 2.47. The topological polar surface area (TPSA) is 21.3 Å². The summed E-state index contributed by atoms with van der Waals surface area (Å²) in [5.74, 6) is 0. The minimum Gasteiger partial charge on any atom is -0.375 e. The summed E-state index contributed by atoms with van der Waals surface area (Å²) >= 11 is 0. The first kappa shape index (κ1) is 14.1. The third-order valence-corrected chi connectivity index (χ3v) is 5.16. The summed E-state index contributed by atoms with van der Waals surface area (Å²) in [4.78, 5) is 0. The maximum atomic E-state index is 5.95. The van der Waals surface area contributed by atoms with E-state index in [0.29, 0.717) is 12.1 Å². The van der Waals surface area contributed by atoms with Crippen LogP contribution in [0.4, 0.5) is 0 Å². The summed E-state index contributed by atoms with van der Waals surface area (Å²) in [5.41, 5.74) is 3.18. The van der Waals surface area contributed by atoms with Crippen molar-refractivity contribution in [1.82, 2.24) is 5.32 Å². The predicted molar refractivity (Wildman–Crippen MR) is 83.1 cm³/mol. The lowest BCUT2D eigenvalue weighted by atomic mass is 9.85.